The van der Waals surface area contributed by atoms with Crippen LogP contribution in [-0.2, 0) is 4.43 Å². The molecule has 0 bridgehead atoms. The molecule has 5 nitrogen and oxygen atoms in total. The summed E-state index contributed by atoms with van der Waals surface area (Å²) in [6, 6.07) is 1.11. The molecule has 0 aromatic carbocycles. The van der Waals surface area contributed by atoms with E-state index in [0.717, 1.165) is 25.6 Å². The van der Waals surface area contributed by atoms with E-state index >= 15 is 0 Å². The largest absolute Gasteiger partial charge is 0.418 e. The molecule has 0 radical (unpaired) electrons. The summed E-state index contributed by atoms with van der Waals surface area (Å²) in [5.74, 6) is 0.524. The van der Waals surface area contributed by atoms with E-state index in [1.807, 2.05) is 6.92 Å². The lowest BCUT2D eigenvalue weighted by Crippen LogP contribution is -2.30. The van der Waals surface area contributed by atoms with Crippen LogP contribution in [-0.4, -0.2) is 36.4 Å². The Labute approximate surface area is 120 Å². The van der Waals surface area contributed by atoms with Gasteiger partial charge in [0.25, 0.3) is 0 Å². The van der Waals surface area contributed by atoms with Crippen LogP contribution in [0.1, 0.15) is 13.3 Å². The lowest BCUT2D eigenvalue weighted by atomic mass is 10.5. The summed E-state index contributed by atoms with van der Waals surface area (Å²) in [5.41, 5.74) is 0. The van der Waals surface area contributed by atoms with Gasteiger partial charge in [-0.1, -0.05) is 0 Å². The third kappa shape index (κ3) is 6.03. The fourth-order valence-corrected chi connectivity index (χ4v) is 4.02. The second-order valence-corrected chi connectivity index (χ2v) is 9.59. The molecule has 102 valence electrons. The predicted octanol–water partition coefficient (Wildman–Crippen LogP) is 2.49. The first-order valence-corrected chi connectivity index (χ1v) is 9.96. The van der Waals surface area contributed by atoms with Crippen molar-refractivity contribution < 1.29 is 4.43 Å². The molecule has 0 saturated carbocycles. The molecule has 18 heavy (non-hydrogen) atoms. The van der Waals surface area contributed by atoms with E-state index in [1.165, 1.54) is 0 Å². The zero-order chi connectivity index (χ0) is 13.6. The summed E-state index contributed by atoms with van der Waals surface area (Å²) in [5, 5.41) is 3.90. The second-order valence-electron chi connectivity index (χ2n) is 4.48. The average Bonchev–Trinajstić information content (AvgIpc) is 2.23. The van der Waals surface area contributed by atoms with Gasteiger partial charge in [0.2, 0.25) is 5.95 Å². The van der Waals surface area contributed by atoms with Crippen molar-refractivity contribution in [2.45, 2.75) is 42.8 Å². The highest BCUT2D eigenvalue weighted by Crippen LogP contribution is 2.14. The molecule has 1 aromatic heterocycles. The van der Waals surface area contributed by atoms with Gasteiger partial charge in [-0.2, -0.15) is 15.0 Å². The monoisotopic (exact) mass is 304 g/mol. The van der Waals surface area contributed by atoms with Crippen LogP contribution in [0.4, 0.5) is 5.95 Å². The molecule has 0 atom stereocenters. The number of aromatic nitrogens is 3. The van der Waals surface area contributed by atoms with Crippen molar-refractivity contribution in [3.63, 3.8) is 0 Å². The van der Waals surface area contributed by atoms with Crippen molar-refractivity contribution in [3.8, 4) is 0 Å². The van der Waals surface area contributed by atoms with Crippen LogP contribution in [0.15, 0.2) is 10.3 Å². The molecule has 0 aliphatic rings. The third-order valence-electron chi connectivity index (χ3n) is 2.39. The smallest absolute Gasteiger partial charge is 0.227 e. The predicted molar refractivity (Wildman–Crippen MR) is 81.4 cm³/mol. The number of hydrogen-bond acceptors (Lipinski definition) is 7. The molecule has 0 aliphatic carbocycles. The van der Waals surface area contributed by atoms with Crippen molar-refractivity contribution in [2.75, 3.05) is 18.5 Å². The highest BCUT2D eigenvalue weighted by Gasteiger charge is 2.20. The zero-order valence-corrected chi connectivity index (χ0v) is 13.8. The Kier molecular flexibility index (Phi) is 6.40. The van der Waals surface area contributed by atoms with Crippen LogP contribution in [0, 0.1) is 0 Å². The van der Waals surface area contributed by atoms with Gasteiger partial charge >= 0.3 is 0 Å². The SMILES string of the molecule is CCO[Si](C)(C)CCCNc1nc(S)nc(S)n1. The number of thiol groups is 2. The topological polar surface area (TPSA) is 59.9 Å². The molecule has 0 unspecified atom stereocenters. The van der Waals surface area contributed by atoms with Gasteiger partial charge in [0, 0.05) is 13.2 Å². The van der Waals surface area contributed by atoms with Crippen LogP contribution in [0.5, 0.6) is 0 Å². The fourth-order valence-electron chi connectivity index (χ4n) is 1.61. The minimum absolute atomic E-state index is 0.376. The van der Waals surface area contributed by atoms with Crippen molar-refractivity contribution in [2.24, 2.45) is 0 Å². The van der Waals surface area contributed by atoms with Crippen LogP contribution in [0.3, 0.4) is 0 Å². The normalized spacial score (nSPS) is 11.6. The van der Waals surface area contributed by atoms with Crippen LogP contribution < -0.4 is 5.32 Å². The van der Waals surface area contributed by atoms with Crippen LogP contribution in [0.2, 0.25) is 19.1 Å². The highest BCUT2D eigenvalue weighted by molar-refractivity contribution is 7.80. The number of anilines is 1. The van der Waals surface area contributed by atoms with Gasteiger partial charge in [-0.15, -0.1) is 25.3 Å². The Morgan fingerprint density at radius 3 is 2.33 bits per heavy atom. The summed E-state index contributed by atoms with van der Waals surface area (Å²) in [6.07, 6.45) is 1.04. The maximum absolute atomic E-state index is 5.77. The maximum Gasteiger partial charge on any atom is 0.227 e. The Balaban J connectivity index is 2.33. The van der Waals surface area contributed by atoms with Crippen molar-refractivity contribution >= 4 is 39.5 Å². The summed E-state index contributed by atoms with van der Waals surface area (Å²) in [7, 11) is -1.49. The van der Waals surface area contributed by atoms with Crippen molar-refractivity contribution in [1.29, 1.82) is 0 Å². The molecule has 0 amide bonds. The van der Waals surface area contributed by atoms with E-state index in [9.17, 15) is 0 Å². The van der Waals surface area contributed by atoms with E-state index in [-0.39, 0.29) is 0 Å². The van der Waals surface area contributed by atoms with Gasteiger partial charge in [-0.05, 0) is 32.5 Å². The quantitative estimate of drug-likeness (QED) is 0.410. The molecular formula is C10H20N4OS2Si. The number of nitrogens with one attached hydrogen (secondary N) is 1. The summed E-state index contributed by atoms with van der Waals surface area (Å²) in [4.78, 5) is 12.0. The first-order valence-electron chi connectivity index (χ1n) is 5.95. The summed E-state index contributed by atoms with van der Waals surface area (Å²) in [6.45, 7) is 8.12. The lowest BCUT2D eigenvalue weighted by Gasteiger charge is -2.21. The summed E-state index contributed by atoms with van der Waals surface area (Å²) >= 11 is 8.16. The number of nitrogens with zero attached hydrogens (tertiary/aromatic N) is 3. The van der Waals surface area contributed by atoms with Gasteiger partial charge in [-0.25, -0.2) is 0 Å². The molecule has 1 aromatic rings. The molecule has 8 heteroatoms. The molecule has 0 saturated heterocycles. The van der Waals surface area contributed by atoms with Gasteiger partial charge in [0.15, 0.2) is 18.6 Å². The molecule has 1 heterocycles. The molecule has 0 fully saturated rings. The Bertz CT molecular complexity index is 372. The number of rotatable bonds is 7. The molecule has 1 N–H and O–H groups in total. The van der Waals surface area contributed by atoms with E-state index in [4.69, 9.17) is 4.43 Å². The zero-order valence-electron chi connectivity index (χ0n) is 11.0. The van der Waals surface area contributed by atoms with E-state index in [2.05, 4.69) is 58.6 Å². The second kappa shape index (κ2) is 7.32. The minimum Gasteiger partial charge on any atom is -0.418 e. The minimum atomic E-state index is -1.49. The molecule has 0 spiro atoms. The van der Waals surface area contributed by atoms with Crippen LogP contribution in [0.25, 0.3) is 0 Å². The van der Waals surface area contributed by atoms with E-state index < -0.39 is 8.32 Å². The first-order chi connectivity index (χ1) is 8.43. The highest BCUT2D eigenvalue weighted by atomic mass is 32.1. The van der Waals surface area contributed by atoms with E-state index in [0.29, 0.717) is 16.3 Å². The molecular weight excluding hydrogens is 284 g/mol. The van der Waals surface area contributed by atoms with Gasteiger partial charge < -0.3 is 9.74 Å². The maximum atomic E-state index is 5.77. The van der Waals surface area contributed by atoms with Crippen molar-refractivity contribution in [1.82, 2.24) is 15.0 Å². The Hall–Kier alpha value is -0.313. The van der Waals surface area contributed by atoms with Gasteiger partial charge in [0.1, 0.15) is 0 Å². The first kappa shape index (κ1) is 15.7. The third-order valence-corrected chi connectivity index (χ3v) is 5.41. The summed E-state index contributed by atoms with van der Waals surface area (Å²) < 4.78 is 5.77. The van der Waals surface area contributed by atoms with Crippen LogP contribution >= 0.6 is 25.3 Å². The van der Waals surface area contributed by atoms with E-state index in [1.54, 1.807) is 0 Å². The number of hydrogen-bond donors (Lipinski definition) is 3. The lowest BCUT2D eigenvalue weighted by molar-refractivity contribution is 0.328. The van der Waals surface area contributed by atoms with Gasteiger partial charge in [-0.3, -0.25) is 0 Å². The molecule has 0 aliphatic heterocycles. The van der Waals surface area contributed by atoms with Gasteiger partial charge in [0.05, 0.1) is 0 Å². The van der Waals surface area contributed by atoms with Crippen molar-refractivity contribution in [3.05, 3.63) is 0 Å². The molecule has 1 rings (SSSR count). The average molecular weight is 305 g/mol. The standard InChI is InChI=1S/C10H20N4OS2Si/c1-4-15-18(2,3)7-5-6-11-8-12-9(16)14-10(17)13-8/h4-7H2,1-3H3,(H3,11,12,13,14,16,17). The Morgan fingerprint density at radius 1 is 1.17 bits per heavy atom. The fraction of sp³-hybridized carbons (Fsp3) is 0.700. The Morgan fingerprint density at radius 2 is 1.78 bits per heavy atom.